The second kappa shape index (κ2) is 4.78. The summed E-state index contributed by atoms with van der Waals surface area (Å²) in [5.41, 5.74) is 9.71. The monoisotopic (exact) mass is 246 g/mol. The van der Waals surface area contributed by atoms with Crippen molar-refractivity contribution in [2.24, 2.45) is 5.73 Å². The number of methoxy groups -OCH3 is 1. The summed E-state index contributed by atoms with van der Waals surface area (Å²) >= 11 is 0. The van der Waals surface area contributed by atoms with Crippen molar-refractivity contribution in [1.29, 1.82) is 0 Å². The van der Waals surface area contributed by atoms with Gasteiger partial charge in [0.25, 0.3) is 0 Å². The average molecular weight is 246 g/mol. The first kappa shape index (κ1) is 12.6. The van der Waals surface area contributed by atoms with Crippen LogP contribution < -0.4 is 10.5 Å². The molecule has 0 saturated heterocycles. The maximum Gasteiger partial charge on any atom is 0.121 e. The molecule has 0 bridgehead atoms. The average Bonchev–Trinajstić information content (AvgIpc) is 2.72. The third-order valence-corrected chi connectivity index (χ3v) is 3.01. The fraction of sp³-hybridized carbons (Fsp3) is 0.385. The van der Waals surface area contributed by atoms with Gasteiger partial charge in [0.05, 0.1) is 18.5 Å². The van der Waals surface area contributed by atoms with Gasteiger partial charge in [0.1, 0.15) is 11.4 Å². The highest BCUT2D eigenvalue weighted by molar-refractivity contribution is 5.46. The van der Waals surface area contributed by atoms with E-state index < -0.39 is 0 Å². The Morgan fingerprint density at radius 2 is 2.06 bits per heavy atom. The van der Waals surface area contributed by atoms with Crippen molar-refractivity contribution in [3.8, 4) is 11.4 Å². The molecule has 0 aliphatic carbocycles. The van der Waals surface area contributed by atoms with Crippen LogP contribution in [0.2, 0.25) is 0 Å². The van der Waals surface area contributed by atoms with Crippen LogP contribution in [0.5, 0.6) is 5.75 Å². The van der Waals surface area contributed by atoms with E-state index >= 15 is 0 Å². The van der Waals surface area contributed by atoms with E-state index in [1.807, 2.05) is 39.0 Å². The van der Waals surface area contributed by atoms with Gasteiger partial charge in [-0.15, -0.1) is 5.10 Å². The highest BCUT2D eigenvalue weighted by Gasteiger charge is 2.14. The highest BCUT2D eigenvalue weighted by Crippen LogP contribution is 2.23. The Morgan fingerprint density at radius 3 is 2.61 bits per heavy atom. The lowest BCUT2D eigenvalue weighted by molar-refractivity contribution is 0.414. The molecule has 1 heterocycles. The fourth-order valence-corrected chi connectivity index (χ4v) is 1.93. The van der Waals surface area contributed by atoms with E-state index in [1.54, 1.807) is 11.8 Å². The van der Waals surface area contributed by atoms with Gasteiger partial charge in [0.2, 0.25) is 0 Å². The predicted molar refractivity (Wildman–Crippen MR) is 70.0 cm³/mol. The first-order chi connectivity index (χ1) is 8.54. The van der Waals surface area contributed by atoms with Crippen LogP contribution >= 0.6 is 0 Å². The van der Waals surface area contributed by atoms with E-state index in [2.05, 4.69) is 10.3 Å². The molecule has 1 aromatic heterocycles. The third-order valence-electron chi connectivity index (χ3n) is 3.01. The summed E-state index contributed by atoms with van der Waals surface area (Å²) in [4.78, 5) is 0. The third kappa shape index (κ3) is 2.09. The molecule has 1 aromatic carbocycles. The molecule has 96 valence electrons. The van der Waals surface area contributed by atoms with Gasteiger partial charge in [-0.25, -0.2) is 4.68 Å². The summed E-state index contributed by atoms with van der Waals surface area (Å²) < 4.78 is 7.04. The van der Waals surface area contributed by atoms with Gasteiger partial charge in [-0.1, -0.05) is 11.3 Å². The van der Waals surface area contributed by atoms with Crippen molar-refractivity contribution >= 4 is 0 Å². The van der Waals surface area contributed by atoms with Gasteiger partial charge in [-0.3, -0.25) is 0 Å². The van der Waals surface area contributed by atoms with Crippen LogP contribution in [0, 0.1) is 13.8 Å². The van der Waals surface area contributed by atoms with E-state index in [0.717, 1.165) is 28.4 Å². The minimum atomic E-state index is -0.121. The van der Waals surface area contributed by atoms with Crippen molar-refractivity contribution in [3.05, 3.63) is 35.2 Å². The molecule has 5 heteroatoms. The number of hydrogen-bond donors (Lipinski definition) is 1. The molecule has 0 saturated carbocycles. The van der Waals surface area contributed by atoms with E-state index in [0.29, 0.717) is 0 Å². The van der Waals surface area contributed by atoms with Crippen LogP contribution in [0.4, 0.5) is 0 Å². The molecular weight excluding hydrogens is 228 g/mol. The number of benzene rings is 1. The lowest BCUT2D eigenvalue weighted by atomic mass is 10.1. The van der Waals surface area contributed by atoms with E-state index in [4.69, 9.17) is 10.5 Å². The molecule has 0 fully saturated rings. The second-order valence-corrected chi connectivity index (χ2v) is 4.41. The van der Waals surface area contributed by atoms with Crippen molar-refractivity contribution in [3.63, 3.8) is 0 Å². The zero-order chi connectivity index (χ0) is 13.3. The number of nitrogens with two attached hydrogens (primary N) is 1. The smallest absolute Gasteiger partial charge is 0.121 e. The zero-order valence-electron chi connectivity index (χ0n) is 11.1. The molecule has 2 N–H and O–H groups in total. The van der Waals surface area contributed by atoms with E-state index in [1.165, 1.54) is 0 Å². The SMILES string of the molecule is COc1ccc(C)c(-n2nnc(C(C)N)c2C)c1. The lowest BCUT2D eigenvalue weighted by Crippen LogP contribution is -2.08. The van der Waals surface area contributed by atoms with Crippen LogP contribution in [0.15, 0.2) is 18.2 Å². The molecule has 2 rings (SSSR count). The molecule has 1 atom stereocenters. The van der Waals surface area contributed by atoms with Crippen LogP contribution in [0.1, 0.15) is 29.9 Å². The van der Waals surface area contributed by atoms with Gasteiger partial charge < -0.3 is 10.5 Å². The number of nitrogens with zero attached hydrogens (tertiary/aromatic N) is 3. The van der Waals surface area contributed by atoms with Crippen molar-refractivity contribution in [1.82, 2.24) is 15.0 Å². The molecule has 0 spiro atoms. The van der Waals surface area contributed by atoms with E-state index in [-0.39, 0.29) is 6.04 Å². The molecule has 0 aliphatic rings. The summed E-state index contributed by atoms with van der Waals surface area (Å²) in [5.74, 6) is 0.799. The van der Waals surface area contributed by atoms with Gasteiger partial charge in [-0.2, -0.15) is 0 Å². The first-order valence-electron chi connectivity index (χ1n) is 5.87. The molecule has 0 radical (unpaired) electrons. The van der Waals surface area contributed by atoms with Crippen molar-refractivity contribution in [2.45, 2.75) is 26.8 Å². The van der Waals surface area contributed by atoms with Crippen LogP contribution in [-0.2, 0) is 0 Å². The minimum absolute atomic E-state index is 0.121. The minimum Gasteiger partial charge on any atom is -0.497 e. The molecule has 2 aromatic rings. The summed E-state index contributed by atoms with van der Waals surface area (Å²) in [6.07, 6.45) is 0. The van der Waals surface area contributed by atoms with Gasteiger partial charge in [0.15, 0.2) is 0 Å². The molecule has 18 heavy (non-hydrogen) atoms. The Balaban J connectivity index is 2.55. The maximum absolute atomic E-state index is 5.86. The van der Waals surface area contributed by atoms with Crippen LogP contribution in [-0.4, -0.2) is 22.1 Å². The predicted octanol–water partition coefficient (Wildman–Crippen LogP) is 1.91. The summed E-state index contributed by atoms with van der Waals surface area (Å²) in [6, 6.07) is 5.75. The summed E-state index contributed by atoms with van der Waals surface area (Å²) in [6.45, 7) is 5.90. The normalized spacial score (nSPS) is 12.5. The van der Waals surface area contributed by atoms with Gasteiger partial charge in [-0.05, 0) is 32.4 Å². The maximum atomic E-state index is 5.86. The molecule has 5 nitrogen and oxygen atoms in total. The highest BCUT2D eigenvalue weighted by atomic mass is 16.5. The van der Waals surface area contributed by atoms with Gasteiger partial charge >= 0.3 is 0 Å². The Labute approximate surface area is 107 Å². The van der Waals surface area contributed by atoms with E-state index in [9.17, 15) is 0 Å². The van der Waals surface area contributed by atoms with Gasteiger partial charge in [0, 0.05) is 12.1 Å². The van der Waals surface area contributed by atoms with Crippen molar-refractivity contribution in [2.75, 3.05) is 7.11 Å². The largest absolute Gasteiger partial charge is 0.497 e. The Kier molecular flexibility index (Phi) is 3.34. The van der Waals surface area contributed by atoms with Crippen LogP contribution in [0.25, 0.3) is 5.69 Å². The number of ether oxygens (including phenoxy) is 1. The quantitative estimate of drug-likeness (QED) is 0.898. The Hall–Kier alpha value is -1.88. The first-order valence-corrected chi connectivity index (χ1v) is 5.87. The Morgan fingerprint density at radius 1 is 1.33 bits per heavy atom. The standard InChI is InChI=1S/C13H18N4O/c1-8-5-6-11(18-4)7-12(8)17-10(3)13(9(2)14)15-16-17/h5-7,9H,14H2,1-4H3. The number of rotatable bonds is 3. The second-order valence-electron chi connectivity index (χ2n) is 4.41. The lowest BCUT2D eigenvalue weighted by Gasteiger charge is -2.10. The van der Waals surface area contributed by atoms with Crippen LogP contribution in [0.3, 0.4) is 0 Å². The Bertz CT molecular complexity index is 560. The molecule has 0 aliphatic heterocycles. The summed E-state index contributed by atoms with van der Waals surface area (Å²) in [7, 11) is 1.65. The molecule has 0 amide bonds. The number of aryl methyl sites for hydroxylation is 1. The number of aromatic nitrogens is 3. The summed E-state index contributed by atoms with van der Waals surface area (Å²) in [5, 5.41) is 8.31. The molecular formula is C13H18N4O. The fourth-order valence-electron chi connectivity index (χ4n) is 1.93. The zero-order valence-corrected chi connectivity index (χ0v) is 11.1. The molecule has 1 unspecified atom stereocenters. The topological polar surface area (TPSA) is 66.0 Å². The number of hydrogen-bond acceptors (Lipinski definition) is 4. The van der Waals surface area contributed by atoms with Crippen molar-refractivity contribution < 1.29 is 4.74 Å².